The summed E-state index contributed by atoms with van der Waals surface area (Å²) in [4.78, 5) is 21.9. The van der Waals surface area contributed by atoms with E-state index in [-0.39, 0.29) is 11.9 Å². The van der Waals surface area contributed by atoms with E-state index >= 15 is 0 Å². The van der Waals surface area contributed by atoms with Gasteiger partial charge in [0.1, 0.15) is 5.75 Å². The van der Waals surface area contributed by atoms with Gasteiger partial charge in [-0.15, -0.1) is 0 Å². The maximum absolute atomic E-state index is 13.1. The molecule has 3 rings (SSSR count). The fraction of sp³-hybridized carbons (Fsp3) is 0.450. The molecule has 6 heteroatoms. The van der Waals surface area contributed by atoms with Gasteiger partial charge in [-0.1, -0.05) is 6.07 Å². The van der Waals surface area contributed by atoms with E-state index in [2.05, 4.69) is 20.6 Å². The van der Waals surface area contributed by atoms with E-state index in [0.29, 0.717) is 18.6 Å². The van der Waals surface area contributed by atoms with Crippen LogP contribution in [-0.2, 0) is 4.79 Å². The van der Waals surface area contributed by atoms with Crippen LogP contribution in [0.4, 0.5) is 0 Å². The zero-order valence-electron chi connectivity index (χ0n) is 15.6. The van der Waals surface area contributed by atoms with Crippen molar-refractivity contribution in [1.82, 2.24) is 20.6 Å². The highest BCUT2D eigenvalue weighted by molar-refractivity contribution is 5.86. The average molecular weight is 354 g/mol. The Kier molecular flexibility index (Phi) is 5.52. The van der Waals surface area contributed by atoms with Gasteiger partial charge in [-0.3, -0.25) is 14.8 Å². The first-order valence-electron chi connectivity index (χ1n) is 9.05. The molecule has 1 saturated heterocycles. The molecule has 1 aliphatic rings. The number of hydrogen-bond acceptors (Lipinski definition) is 5. The van der Waals surface area contributed by atoms with Gasteiger partial charge >= 0.3 is 0 Å². The molecule has 0 saturated carbocycles. The first-order valence-corrected chi connectivity index (χ1v) is 9.05. The fourth-order valence-corrected chi connectivity index (χ4v) is 3.15. The van der Waals surface area contributed by atoms with Crippen molar-refractivity contribution in [2.45, 2.75) is 45.3 Å². The number of carbonyl (C=O) groups excluding carboxylic acids is 1. The lowest BCUT2D eigenvalue weighted by molar-refractivity contribution is -0.140. The van der Waals surface area contributed by atoms with E-state index in [0.717, 1.165) is 30.2 Å². The smallest absolute Gasteiger partial charge is 0.264 e. The van der Waals surface area contributed by atoms with Crippen molar-refractivity contribution < 1.29 is 9.53 Å². The third-order valence-electron chi connectivity index (χ3n) is 4.72. The monoisotopic (exact) mass is 354 g/mol. The van der Waals surface area contributed by atoms with E-state index in [1.54, 1.807) is 6.20 Å². The first kappa shape index (κ1) is 18.3. The Balaban J connectivity index is 1.78. The Morgan fingerprint density at radius 2 is 1.96 bits per heavy atom. The summed E-state index contributed by atoms with van der Waals surface area (Å²) in [5.74, 6) is 0.518. The lowest BCUT2D eigenvalue weighted by Gasteiger charge is -2.37. The van der Waals surface area contributed by atoms with Crippen molar-refractivity contribution in [3.8, 4) is 5.75 Å². The summed E-state index contributed by atoms with van der Waals surface area (Å²) in [6.45, 7) is 7.29. The Bertz CT molecular complexity index is 755. The summed E-state index contributed by atoms with van der Waals surface area (Å²) < 4.78 is 6.19. The number of amides is 1. The number of hydrogen-bond donors (Lipinski definition) is 2. The molecule has 2 aromatic heterocycles. The summed E-state index contributed by atoms with van der Waals surface area (Å²) in [6, 6.07) is 9.40. The van der Waals surface area contributed by atoms with Gasteiger partial charge in [0, 0.05) is 24.2 Å². The number of nitrogens with one attached hydrogen (secondary N) is 2. The summed E-state index contributed by atoms with van der Waals surface area (Å²) in [6.07, 6.45) is 2.90. The Morgan fingerprint density at radius 1 is 1.19 bits per heavy atom. The van der Waals surface area contributed by atoms with E-state index in [4.69, 9.17) is 4.74 Å². The summed E-state index contributed by atoms with van der Waals surface area (Å²) in [5.41, 5.74) is 1.81. The molecule has 1 aliphatic heterocycles. The predicted octanol–water partition coefficient (Wildman–Crippen LogP) is 2.47. The fourth-order valence-electron chi connectivity index (χ4n) is 3.15. The molecule has 0 aliphatic carbocycles. The van der Waals surface area contributed by atoms with Crippen LogP contribution in [0.15, 0.2) is 36.5 Å². The number of piperidine rings is 1. The lowest BCUT2D eigenvalue weighted by atomic mass is 9.90. The van der Waals surface area contributed by atoms with Gasteiger partial charge in [-0.2, -0.15) is 0 Å². The topological polar surface area (TPSA) is 76.1 Å². The van der Waals surface area contributed by atoms with Crippen LogP contribution in [0.1, 0.15) is 42.9 Å². The first-order chi connectivity index (χ1) is 12.5. The van der Waals surface area contributed by atoms with Crippen molar-refractivity contribution in [3.63, 3.8) is 0 Å². The molecule has 3 heterocycles. The molecular formula is C20H26N4O2. The van der Waals surface area contributed by atoms with Gasteiger partial charge in [-0.05, 0) is 58.1 Å². The van der Waals surface area contributed by atoms with Crippen molar-refractivity contribution in [1.29, 1.82) is 0 Å². The average Bonchev–Trinajstić information content (AvgIpc) is 2.64. The van der Waals surface area contributed by atoms with Gasteiger partial charge in [0.15, 0.2) is 5.60 Å². The van der Waals surface area contributed by atoms with Crippen molar-refractivity contribution in [2.24, 2.45) is 0 Å². The van der Waals surface area contributed by atoms with E-state index < -0.39 is 5.60 Å². The van der Waals surface area contributed by atoms with Crippen molar-refractivity contribution >= 4 is 5.91 Å². The highest BCUT2D eigenvalue weighted by Gasteiger charge is 2.42. The van der Waals surface area contributed by atoms with Crippen LogP contribution in [-0.4, -0.2) is 34.6 Å². The van der Waals surface area contributed by atoms with Crippen molar-refractivity contribution in [3.05, 3.63) is 53.6 Å². The van der Waals surface area contributed by atoms with E-state index in [1.807, 2.05) is 51.1 Å². The molecule has 1 unspecified atom stereocenters. The Morgan fingerprint density at radius 3 is 2.62 bits per heavy atom. The number of carbonyl (C=O) groups is 1. The number of nitrogens with zero attached hydrogens (tertiary/aromatic N) is 2. The summed E-state index contributed by atoms with van der Waals surface area (Å²) in [5, 5.41) is 6.38. The molecule has 26 heavy (non-hydrogen) atoms. The second-order valence-corrected chi connectivity index (χ2v) is 6.88. The minimum Gasteiger partial charge on any atom is -0.476 e. The summed E-state index contributed by atoms with van der Waals surface area (Å²) in [7, 11) is 0. The van der Waals surface area contributed by atoms with Crippen LogP contribution in [0.25, 0.3) is 0 Å². The van der Waals surface area contributed by atoms with Crippen LogP contribution in [0, 0.1) is 13.8 Å². The van der Waals surface area contributed by atoms with E-state index in [9.17, 15) is 4.79 Å². The number of pyridine rings is 2. The minimum atomic E-state index is -0.889. The molecule has 6 nitrogen and oxygen atoms in total. The highest BCUT2D eigenvalue weighted by atomic mass is 16.5. The van der Waals surface area contributed by atoms with Crippen LogP contribution in [0.3, 0.4) is 0 Å². The van der Waals surface area contributed by atoms with Gasteiger partial charge in [0.25, 0.3) is 5.91 Å². The molecular weight excluding hydrogens is 328 g/mol. The molecule has 1 atom stereocenters. The molecule has 1 fully saturated rings. The zero-order valence-corrected chi connectivity index (χ0v) is 15.6. The maximum Gasteiger partial charge on any atom is 0.264 e. The quantitative estimate of drug-likeness (QED) is 0.863. The third-order valence-corrected chi connectivity index (χ3v) is 4.72. The van der Waals surface area contributed by atoms with Gasteiger partial charge in [0.2, 0.25) is 0 Å². The van der Waals surface area contributed by atoms with Crippen molar-refractivity contribution in [2.75, 3.05) is 13.1 Å². The second-order valence-electron chi connectivity index (χ2n) is 6.88. The standard InChI is InChI=1S/C20H26N4O2/c1-14-7-8-17(13-22-14)26-20(9-11-21-12-10-20)19(25)24-16(3)18-6-4-5-15(2)23-18/h4-8,13,16,21H,9-12H2,1-3H3,(H,24,25). The van der Waals surface area contributed by atoms with Gasteiger partial charge in [-0.25, -0.2) is 0 Å². The molecule has 0 aromatic carbocycles. The molecule has 0 bridgehead atoms. The summed E-state index contributed by atoms with van der Waals surface area (Å²) >= 11 is 0. The molecule has 1 amide bonds. The normalized spacial score (nSPS) is 17.3. The SMILES string of the molecule is Cc1ccc(OC2(C(=O)NC(C)c3cccc(C)n3)CCNCC2)cn1. The maximum atomic E-state index is 13.1. The third kappa shape index (κ3) is 4.19. The number of ether oxygens (including phenoxy) is 1. The lowest BCUT2D eigenvalue weighted by Crippen LogP contribution is -2.57. The Labute approximate surface area is 154 Å². The molecule has 0 radical (unpaired) electrons. The Hall–Kier alpha value is -2.47. The van der Waals surface area contributed by atoms with Gasteiger partial charge in [0.05, 0.1) is 17.9 Å². The van der Waals surface area contributed by atoms with Gasteiger partial charge < -0.3 is 15.4 Å². The minimum absolute atomic E-state index is 0.101. The largest absolute Gasteiger partial charge is 0.476 e. The molecule has 0 spiro atoms. The molecule has 138 valence electrons. The van der Waals surface area contributed by atoms with Crippen LogP contribution in [0.2, 0.25) is 0 Å². The van der Waals surface area contributed by atoms with E-state index in [1.165, 1.54) is 0 Å². The van der Waals surface area contributed by atoms with Crippen LogP contribution >= 0.6 is 0 Å². The zero-order chi connectivity index (χ0) is 18.6. The molecule has 2 N–H and O–H groups in total. The number of aromatic nitrogens is 2. The number of rotatable bonds is 5. The van der Waals surface area contributed by atoms with Crippen LogP contribution in [0.5, 0.6) is 5.75 Å². The van der Waals surface area contributed by atoms with Crippen LogP contribution < -0.4 is 15.4 Å². The second kappa shape index (κ2) is 7.83. The molecule has 2 aromatic rings. The predicted molar refractivity (Wildman–Crippen MR) is 100.0 cm³/mol. The highest BCUT2D eigenvalue weighted by Crippen LogP contribution is 2.27. The number of aryl methyl sites for hydroxylation is 2.